The predicted octanol–water partition coefficient (Wildman–Crippen LogP) is 1.81. The van der Waals surface area contributed by atoms with E-state index in [0.717, 1.165) is 0 Å². The second-order valence-electron chi connectivity index (χ2n) is 18.2. The number of carbonyl (C=O) groups is 18. The number of hydrogen-bond donors (Lipinski definition) is 12. The highest BCUT2D eigenvalue weighted by molar-refractivity contribution is 6.26. The lowest BCUT2D eigenvalue weighted by Crippen LogP contribution is -2.29. The van der Waals surface area contributed by atoms with E-state index in [-0.39, 0.29) is 38.5 Å². The Bertz CT molecular complexity index is 3070. The first-order chi connectivity index (χ1) is 43.8. The van der Waals surface area contributed by atoms with Crippen LogP contribution in [0.5, 0.6) is 0 Å². The summed E-state index contributed by atoms with van der Waals surface area (Å²) in [4.78, 5) is 232. The van der Waals surface area contributed by atoms with Crippen LogP contribution in [0.3, 0.4) is 0 Å². The van der Waals surface area contributed by atoms with Gasteiger partial charge in [-0.05, 0) is 38.5 Å². The van der Waals surface area contributed by atoms with Crippen molar-refractivity contribution in [1.29, 1.82) is 0 Å². The van der Waals surface area contributed by atoms with Crippen molar-refractivity contribution >= 4 is 107 Å². The van der Waals surface area contributed by atoms with E-state index >= 15 is 0 Å². The minimum atomic E-state index is -2.43. The maximum absolute atomic E-state index is 13.7. The van der Waals surface area contributed by atoms with Crippen molar-refractivity contribution in [3.63, 3.8) is 0 Å². The van der Waals surface area contributed by atoms with Crippen LogP contribution in [0.2, 0.25) is 0 Å². The van der Waals surface area contributed by atoms with Gasteiger partial charge in [0.1, 0.15) is 19.8 Å². The number of aromatic carboxylic acids is 12. The Balaban J connectivity index is 1.80. The molecule has 0 atom stereocenters. The van der Waals surface area contributed by atoms with E-state index in [1.54, 1.807) is 0 Å². The molecule has 1 heterocycles. The van der Waals surface area contributed by atoms with Crippen molar-refractivity contribution in [2.75, 3.05) is 79.3 Å². The summed E-state index contributed by atoms with van der Waals surface area (Å²) in [5, 5.41) is 121. The van der Waals surface area contributed by atoms with Crippen LogP contribution >= 0.6 is 0 Å². The molecule has 0 spiro atoms. The fourth-order valence-corrected chi connectivity index (χ4v) is 8.77. The average molecular weight is 1320 g/mol. The third kappa shape index (κ3) is 17.2. The summed E-state index contributed by atoms with van der Waals surface area (Å²) in [5.74, 6) is -40.8. The summed E-state index contributed by atoms with van der Waals surface area (Å²) < 4.78 is 45.8. The zero-order valence-electron chi connectivity index (χ0n) is 47.1. The third-order valence-electron chi connectivity index (χ3n) is 12.4. The van der Waals surface area contributed by atoms with Gasteiger partial charge in [0.2, 0.25) is 0 Å². The number of fused-ring (bicyclic) bond motifs is 3. The molecule has 1 aliphatic heterocycles. The molecule has 0 saturated carbocycles. The second kappa shape index (κ2) is 33.0. The highest BCUT2D eigenvalue weighted by Gasteiger charge is 2.45. The molecule has 93 heavy (non-hydrogen) atoms. The Labute approximate surface area is 514 Å². The van der Waals surface area contributed by atoms with Crippen LogP contribution in [-0.4, -0.2) is 248 Å². The normalized spacial score (nSPS) is 15.2. The molecule has 0 saturated heterocycles. The van der Waals surface area contributed by atoms with E-state index in [4.69, 9.17) is 42.6 Å². The van der Waals surface area contributed by atoms with Crippen LogP contribution in [0.1, 0.15) is 225 Å². The highest BCUT2D eigenvalue weighted by atomic mass is 16.6. The first-order valence-corrected chi connectivity index (χ1v) is 26.0. The summed E-state index contributed by atoms with van der Waals surface area (Å²) in [5.41, 5.74) is -31.4. The van der Waals surface area contributed by atoms with E-state index in [2.05, 4.69) is 0 Å². The minimum absolute atomic E-state index is 0.184. The molecule has 498 valence electrons. The highest BCUT2D eigenvalue weighted by Crippen LogP contribution is 2.35. The van der Waals surface area contributed by atoms with Gasteiger partial charge < -0.3 is 104 Å². The number of benzene rings is 3. The van der Waals surface area contributed by atoms with Crippen molar-refractivity contribution in [2.45, 2.75) is 38.5 Å². The summed E-state index contributed by atoms with van der Waals surface area (Å²) in [6, 6.07) is 0. The summed E-state index contributed by atoms with van der Waals surface area (Å²) >= 11 is 0. The van der Waals surface area contributed by atoms with Crippen LogP contribution < -0.4 is 0 Å². The average Bonchev–Trinajstić information content (AvgIpc) is 0.785. The third-order valence-corrected chi connectivity index (χ3v) is 12.4. The Morgan fingerprint density at radius 1 is 0.183 bits per heavy atom. The lowest BCUT2D eigenvalue weighted by molar-refractivity contribution is 0.0274. The number of ether oxygens (including phenoxy) is 9. The van der Waals surface area contributed by atoms with Crippen molar-refractivity contribution in [3.05, 3.63) is 100 Å². The van der Waals surface area contributed by atoms with Crippen LogP contribution in [0, 0.1) is 0 Å². The Morgan fingerprint density at radius 2 is 0.312 bits per heavy atom. The molecule has 0 radical (unpaired) electrons. The molecule has 0 bridgehead atoms. The molecule has 12 N–H and O–H groups in total. The van der Waals surface area contributed by atoms with E-state index < -0.39 is 287 Å². The number of carbonyl (C=O) groups excluding carboxylic acids is 6. The molecule has 4 rings (SSSR count). The zero-order chi connectivity index (χ0) is 69.9. The maximum Gasteiger partial charge on any atom is 0.340 e. The van der Waals surface area contributed by atoms with Gasteiger partial charge in [-0.3, -0.25) is 0 Å². The maximum atomic E-state index is 13.7. The number of esters is 6. The molecule has 0 unspecified atom stereocenters. The van der Waals surface area contributed by atoms with Crippen molar-refractivity contribution < 1.29 is 190 Å². The van der Waals surface area contributed by atoms with Crippen LogP contribution in [-0.2, 0) is 42.6 Å². The molecule has 1 aliphatic rings. The molecular formula is C54H48O39. The monoisotopic (exact) mass is 1320 g/mol. The van der Waals surface area contributed by atoms with Gasteiger partial charge in [-0.2, -0.15) is 0 Å². The van der Waals surface area contributed by atoms with Gasteiger partial charge in [0.05, 0.1) is 140 Å². The van der Waals surface area contributed by atoms with Crippen LogP contribution in [0.25, 0.3) is 0 Å². The van der Waals surface area contributed by atoms with E-state index in [1.165, 1.54) is 0 Å². The molecule has 3 aromatic rings. The van der Waals surface area contributed by atoms with Crippen molar-refractivity contribution in [1.82, 2.24) is 0 Å². The van der Waals surface area contributed by atoms with E-state index in [9.17, 15) is 148 Å². The number of rotatable bonds is 12. The van der Waals surface area contributed by atoms with Crippen molar-refractivity contribution in [2.24, 2.45) is 0 Å². The molecule has 0 aromatic heterocycles. The van der Waals surface area contributed by atoms with Gasteiger partial charge in [0.25, 0.3) is 0 Å². The van der Waals surface area contributed by atoms with Gasteiger partial charge in [-0.25, -0.2) is 86.3 Å². The number of carboxylic acids is 12. The minimum Gasteiger partial charge on any atom is -0.478 e. The quantitative estimate of drug-likeness (QED) is 0.0908. The topological polar surface area (TPSA) is 633 Å². The largest absolute Gasteiger partial charge is 0.478 e. The summed E-state index contributed by atoms with van der Waals surface area (Å²) in [6.45, 7) is -8.52. The number of cyclic esters (lactones) is 6. The summed E-state index contributed by atoms with van der Waals surface area (Å²) in [6.07, 6.45) is -1.48. The lowest BCUT2D eigenvalue weighted by atomic mass is 9.86. The second-order valence-corrected chi connectivity index (χ2v) is 18.2. The van der Waals surface area contributed by atoms with E-state index in [0.29, 0.717) is 0 Å². The lowest BCUT2D eigenvalue weighted by Gasteiger charge is -2.19. The Morgan fingerprint density at radius 3 is 0.452 bits per heavy atom. The molecule has 39 nitrogen and oxygen atoms in total. The van der Waals surface area contributed by atoms with Gasteiger partial charge in [0.15, 0.2) is 0 Å². The number of carboxylic acid groups (broad SMARTS) is 12. The standard InChI is InChI=1S/C54H48O39/c55-37(56)19-22(40(61)62)28(46(73)74)34-31(25(19)43(67)68)49(79)88-10-4-1-7-85-13-16-91-52(82)35-29(47(75)76)23(41(63)64)20(38(57)58)26(44(69)70)32(35)50(80)89-11-5-2-9-87-15-18-93-54(84)36-30(48(77)78)24(42(65)66)21(39(59)60)27(45(71)72)33(36)51(81)90-12-6-3-8-86-14-17-92-53(34)83/h1-18H2,(H,55,56)(H,57,58)(H,59,60)(H,61,62)(H,63,64)(H,65,66)(H,67,68)(H,69,70)(H,71,72)(H,73,74)(H,75,76)(H,77,78). The molecule has 39 heteroatoms. The molecular weight excluding hydrogens is 1270 g/mol. The Hall–Kier alpha value is -12.0. The molecule has 0 amide bonds. The van der Waals surface area contributed by atoms with Crippen molar-refractivity contribution in [3.8, 4) is 0 Å². The fraction of sp³-hybridized carbons (Fsp3) is 0.333. The molecule has 3 aromatic carbocycles. The smallest absolute Gasteiger partial charge is 0.340 e. The Kier molecular flexibility index (Phi) is 26.1. The molecule has 0 aliphatic carbocycles. The first kappa shape index (κ1) is 73.5. The number of hydrogen-bond acceptors (Lipinski definition) is 27. The summed E-state index contributed by atoms with van der Waals surface area (Å²) in [7, 11) is 0. The van der Waals surface area contributed by atoms with E-state index in [1.807, 2.05) is 0 Å². The van der Waals surface area contributed by atoms with Gasteiger partial charge >= 0.3 is 107 Å². The van der Waals surface area contributed by atoms with Gasteiger partial charge in [0, 0.05) is 19.8 Å². The SMILES string of the molecule is O=C(O)c1c(C(=O)O)c(C(=O)O)c2c(c1C(=O)O)C(=O)OCCCCOCCOC(=O)c1c(C(=O)O)c(C(=O)O)c(C(=O)O)c(C(=O)O)c1C(=O)OCCCCOCCOC(=O)c1c(C(=O)O)c(C(=O)O)c(C(=O)O)c(C(=O)O)c1C(=O)OCCCCOCCOC2=O. The first-order valence-electron chi connectivity index (χ1n) is 26.0. The molecule has 0 fully saturated rings. The predicted molar refractivity (Wildman–Crippen MR) is 285 cm³/mol. The van der Waals surface area contributed by atoms with Gasteiger partial charge in [-0.15, -0.1) is 0 Å². The zero-order valence-corrected chi connectivity index (χ0v) is 47.1. The van der Waals surface area contributed by atoms with Crippen LogP contribution in [0.15, 0.2) is 0 Å². The fourth-order valence-electron chi connectivity index (χ4n) is 8.77. The van der Waals surface area contributed by atoms with Crippen LogP contribution in [0.4, 0.5) is 0 Å². The van der Waals surface area contributed by atoms with Gasteiger partial charge in [-0.1, -0.05) is 0 Å².